The number of carbonyl (C=O) groups excluding carboxylic acids is 2. The second-order valence-electron chi connectivity index (χ2n) is 4.87. The van der Waals surface area contributed by atoms with Crippen molar-refractivity contribution >= 4 is 17.6 Å². The zero-order valence-electron chi connectivity index (χ0n) is 11.3. The lowest BCUT2D eigenvalue weighted by molar-refractivity contribution is -0.125. The number of carbonyl (C=O) groups is 2. The Labute approximate surface area is 113 Å². The molecule has 1 aliphatic heterocycles. The van der Waals surface area contributed by atoms with E-state index in [2.05, 4.69) is 24.5 Å². The van der Waals surface area contributed by atoms with Crippen molar-refractivity contribution < 1.29 is 9.59 Å². The molecule has 5 nitrogen and oxygen atoms in total. The van der Waals surface area contributed by atoms with Crippen LogP contribution in [0.4, 0.5) is 10.5 Å². The van der Waals surface area contributed by atoms with Gasteiger partial charge in [-0.05, 0) is 17.5 Å². The number of para-hydroxylation sites is 1. The van der Waals surface area contributed by atoms with Gasteiger partial charge in [0.05, 0.1) is 6.54 Å². The van der Waals surface area contributed by atoms with Gasteiger partial charge in [-0.1, -0.05) is 32.0 Å². The molecule has 2 N–H and O–H groups in total. The van der Waals surface area contributed by atoms with Gasteiger partial charge in [-0.25, -0.2) is 4.79 Å². The molecular weight excluding hydrogens is 242 g/mol. The highest BCUT2D eigenvalue weighted by molar-refractivity contribution is 5.97. The number of hydrogen-bond acceptors (Lipinski definition) is 3. The summed E-state index contributed by atoms with van der Waals surface area (Å²) in [4.78, 5) is 24.5. The summed E-state index contributed by atoms with van der Waals surface area (Å²) in [5, 5.41) is 5.74. The van der Waals surface area contributed by atoms with Crippen LogP contribution in [-0.4, -0.2) is 36.5 Å². The lowest BCUT2D eigenvalue weighted by Gasteiger charge is -2.16. The molecule has 1 heterocycles. The number of anilines is 1. The Bertz CT molecular complexity index is 485. The molecule has 0 atom stereocenters. The topological polar surface area (TPSA) is 61.4 Å². The molecule has 1 saturated heterocycles. The maximum absolute atomic E-state index is 11.9. The molecule has 0 bridgehead atoms. The summed E-state index contributed by atoms with van der Waals surface area (Å²) in [7, 11) is 0. The lowest BCUT2D eigenvalue weighted by Crippen LogP contribution is -2.38. The van der Waals surface area contributed by atoms with Gasteiger partial charge in [0.2, 0.25) is 5.91 Å². The molecule has 1 aliphatic rings. The number of nitrogens with one attached hydrogen (secondary N) is 2. The van der Waals surface area contributed by atoms with E-state index in [1.54, 1.807) is 0 Å². The monoisotopic (exact) mass is 261 g/mol. The molecule has 5 heteroatoms. The Hall–Kier alpha value is -2.04. The van der Waals surface area contributed by atoms with Crippen LogP contribution in [0.5, 0.6) is 0 Å². The van der Waals surface area contributed by atoms with Crippen LogP contribution in [0, 0.1) is 0 Å². The minimum Gasteiger partial charge on any atom is -0.376 e. The van der Waals surface area contributed by atoms with Gasteiger partial charge in [-0.2, -0.15) is 0 Å². The predicted octanol–water partition coefficient (Wildman–Crippen LogP) is 1.77. The van der Waals surface area contributed by atoms with E-state index in [-0.39, 0.29) is 18.5 Å². The molecular formula is C14H19N3O2. The van der Waals surface area contributed by atoms with Crippen molar-refractivity contribution in [1.82, 2.24) is 10.2 Å². The Balaban J connectivity index is 1.99. The zero-order valence-corrected chi connectivity index (χ0v) is 11.3. The van der Waals surface area contributed by atoms with Gasteiger partial charge in [-0.3, -0.25) is 9.69 Å². The van der Waals surface area contributed by atoms with Crippen molar-refractivity contribution in [1.29, 1.82) is 0 Å². The first-order valence-corrected chi connectivity index (χ1v) is 6.50. The van der Waals surface area contributed by atoms with Crippen molar-refractivity contribution in [2.75, 3.05) is 25.0 Å². The number of hydrogen-bond donors (Lipinski definition) is 2. The Morgan fingerprint density at radius 3 is 2.79 bits per heavy atom. The van der Waals surface area contributed by atoms with E-state index < -0.39 is 0 Å². The zero-order chi connectivity index (χ0) is 13.8. The fourth-order valence-corrected chi connectivity index (χ4v) is 2.14. The number of imide groups is 1. The van der Waals surface area contributed by atoms with Crippen molar-refractivity contribution in [3.63, 3.8) is 0 Å². The highest BCUT2D eigenvalue weighted by Crippen LogP contribution is 2.23. The Morgan fingerprint density at radius 2 is 2.16 bits per heavy atom. The SMILES string of the molecule is CC(C)c1ccccc1NCC(=O)N1CCNC1=O. The summed E-state index contributed by atoms with van der Waals surface area (Å²) in [6.45, 7) is 5.34. The highest BCUT2D eigenvalue weighted by Gasteiger charge is 2.25. The third-order valence-electron chi connectivity index (χ3n) is 3.17. The molecule has 0 aromatic heterocycles. The van der Waals surface area contributed by atoms with Crippen molar-refractivity contribution in [2.45, 2.75) is 19.8 Å². The van der Waals surface area contributed by atoms with E-state index in [9.17, 15) is 9.59 Å². The summed E-state index contributed by atoms with van der Waals surface area (Å²) in [6.07, 6.45) is 0. The summed E-state index contributed by atoms with van der Waals surface area (Å²) in [6, 6.07) is 7.61. The number of urea groups is 1. The minimum absolute atomic E-state index is 0.136. The second kappa shape index (κ2) is 5.73. The maximum Gasteiger partial charge on any atom is 0.324 e. The van der Waals surface area contributed by atoms with E-state index in [1.165, 1.54) is 10.5 Å². The van der Waals surface area contributed by atoms with Gasteiger partial charge in [0.1, 0.15) is 0 Å². The standard InChI is InChI=1S/C14H19N3O2/c1-10(2)11-5-3-4-6-12(11)16-9-13(18)17-8-7-15-14(17)19/h3-6,10,16H,7-9H2,1-2H3,(H,15,19). The average Bonchev–Trinajstić information content (AvgIpc) is 2.82. The van der Waals surface area contributed by atoms with Crippen LogP contribution in [0.3, 0.4) is 0 Å². The fraction of sp³-hybridized carbons (Fsp3) is 0.429. The van der Waals surface area contributed by atoms with Gasteiger partial charge >= 0.3 is 6.03 Å². The van der Waals surface area contributed by atoms with E-state index in [0.29, 0.717) is 19.0 Å². The molecule has 0 unspecified atom stereocenters. The van der Waals surface area contributed by atoms with Crippen LogP contribution in [0.15, 0.2) is 24.3 Å². The van der Waals surface area contributed by atoms with Gasteiger partial charge in [0.15, 0.2) is 0 Å². The average molecular weight is 261 g/mol. The summed E-state index contributed by atoms with van der Waals surface area (Å²) < 4.78 is 0. The summed E-state index contributed by atoms with van der Waals surface area (Å²) in [5.74, 6) is 0.183. The van der Waals surface area contributed by atoms with Crippen LogP contribution < -0.4 is 10.6 Å². The third-order valence-corrected chi connectivity index (χ3v) is 3.17. The number of rotatable bonds is 4. The van der Waals surface area contributed by atoms with Crippen LogP contribution in [-0.2, 0) is 4.79 Å². The molecule has 1 fully saturated rings. The number of nitrogens with zero attached hydrogens (tertiary/aromatic N) is 1. The molecule has 3 amide bonds. The summed E-state index contributed by atoms with van der Waals surface area (Å²) in [5.41, 5.74) is 2.12. The number of amides is 3. The van der Waals surface area contributed by atoms with Crippen LogP contribution >= 0.6 is 0 Å². The van der Waals surface area contributed by atoms with Gasteiger partial charge < -0.3 is 10.6 Å². The second-order valence-corrected chi connectivity index (χ2v) is 4.87. The van der Waals surface area contributed by atoms with Gasteiger partial charge in [-0.15, -0.1) is 0 Å². The largest absolute Gasteiger partial charge is 0.376 e. The molecule has 0 saturated carbocycles. The molecule has 19 heavy (non-hydrogen) atoms. The molecule has 102 valence electrons. The number of benzene rings is 1. The van der Waals surface area contributed by atoms with Gasteiger partial charge in [0, 0.05) is 18.8 Å². The molecule has 0 radical (unpaired) electrons. The first-order valence-electron chi connectivity index (χ1n) is 6.50. The third kappa shape index (κ3) is 3.05. The molecule has 0 aliphatic carbocycles. The first-order chi connectivity index (χ1) is 9.09. The maximum atomic E-state index is 11.9. The van der Waals surface area contributed by atoms with Crippen molar-refractivity contribution in [3.8, 4) is 0 Å². The molecule has 0 spiro atoms. The molecule has 1 aromatic carbocycles. The lowest BCUT2D eigenvalue weighted by atomic mass is 10.0. The van der Waals surface area contributed by atoms with Crippen LogP contribution in [0.1, 0.15) is 25.3 Å². The first kappa shape index (κ1) is 13.4. The smallest absolute Gasteiger partial charge is 0.324 e. The quantitative estimate of drug-likeness (QED) is 0.868. The van der Waals surface area contributed by atoms with Crippen LogP contribution in [0.2, 0.25) is 0 Å². The highest BCUT2D eigenvalue weighted by atomic mass is 16.2. The Kier molecular flexibility index (Phi) is 4.04. The van der Waals surface area contributed by atoms with Crippen molar-refractivity contribution in [3.05, 3.63) is 29.8 Å². The van der Waals surface area contributed by atoms with E-state index >= 15 is 0 Å². The Morgan fingerprint density at radius 1 is 1.42 bits per heavy atom. The molecule has 1 aromatic rings. The van der Waals surface area contributed by atoms with Crippen LogP contribution in [0.25, 0.3) is 0 Å². The predicted molar refractivity (Wildman–Crippen MR) is 74.1 cm³/mol. The summed E-state index contributed by atoms with van der Waals surface area (Å²) >= 11 is 0. The van der Waals surface area contributed by atoms with E-state index in [1.807, 2.05) is 24.3 Å². The fourth-order valence-electron chi connectivity index (χ4n) is 2.14. The van der Waals surface area contributed by atoms with E-state index in [0.717, 1.165) is 5.69 Å². The van der Waals surface area contributed by atoms with Crippen molar-refractivity contribution in [2.24, 2.45) is 0 Å². The normalized spacial score (nSPS) is 14.7. The van der Waals surface area contributed by atoms with E-state index in [4.69, 9.17) is 0 Å². The van der Waals surface area contributed by atoms with Gasteiger partial charge in [0.25, 0.3) is 0 Å². The molecule has 2 rings (SSSR count). The minimum atomic E-state index is -0.302.